The zero-order valence-electron chi connectivity index (χ0n) is 19.2. The van der Waals surface area contributed by atoms with Crippen LogP contribution in [0.2, 0.25) is 0 Å². The molecule has 4 unspecified atom stereocenters. The van der Waals surface area contributed by atoms with Crippen LogP contribution in [0.4, 0.5) is 0 Å². The van der Waals surface area contributed by atoms with Crippen LogP contribution in [0.25, 0.3) is 11.3 Å². The summed E-state index contributed by atoms with van der Waals surface area (Å²) < 4.78 is 0. The minimum atomic E-state index is -0.114. The molecule has 4 atom stereocenters. The van der Waals surface area contributed by atoms with Crippen molar-refractivity contribution in [3.63, 3.8) is 0 Å². The largest absolute Gasteiger partial charge is 0.356 e. The van der Waals surface area contributed by atoms with Crippen molar-refractivity contribution in [3.8, 4) is 11.3 Å². The average molecular weight is 571 g/mol. The molecule has 1 aliphatic heterocycles. The molecule has 0 radical (unpaired) electrons. The molecule has 5 rings (SSSR count). The first-order valence-electron chi connectivity index (χ1n) is 11.6. The molecule has 178 valence electrons. The topological polar surface area (TPSA) is 86.7 Å². The zero-order chi connectivity index (χ0) is 22.8. The number of hydrogen-bond acceptors (Lipinski definition) is 4. The van der Waals surface area contributed by atoms with E-state index in [1.165, 1.54) is 4.90 Å². The normalized spacial score (nSPS) is 24.9. The van der Waals surface area contributed by atoms with Crippen molar-refractivity contribution in [2.45, 2.75) is 19.4 Å². The number of allylic oxidation sites excluding steroid dienone is 2. The van der Waals surface area contributed by atoms with Crippen molar-refractivity contribution in [3.05, 3.63) is 66.4 Å². The number of guanidine groups is 1. The van der Waals surface area contributed by atoms with Crippen molar-refractivity contribution in [1.29, 1.82) is 0 Å². The lowest BCUT2D eigenvalue weighted by atomic mass is 9.85. The Morgan fingerprint density at radius 3 is 2.50 bits per heavy atom. The molecule has 1 aromatic carbocycles. The Morgan fingerprint density at radius 1 is 1.06 bits per heavy atom. The lowest BCUT2D eigenvalue weighted by molar-refractivity contribution is -0.140. The molecular weight excluding hydrogens is 541 g/mol. The number of amides is 2. The summed E-state index contributed by atoms with van der Waals surface area (Å²) in [4.78, 5) is 35.7. The molecule has 0 spiro atoms. The van der Waals surface area contributed by atoms with Gasteiger partial charge >= 0.3 is 0 Å². The Balaban J connectivity index is 0.00000274. The first-order valence-corrected chi connectivity index (χ1v) is 11.6. The van der Waals surface area contributed by atoms with Gasteiger partial charge in [-0.2, -0.15) is 0 Å². The summed E-state index contributed by atoms with van der Waals surface area (Å²) in [7, 11) is 1.73. The highest BCUT2D eigenvalue weighted by atomic mass is 127. The number of carbonyl (C=O) groups excluding carboxylic acids is 2. The number of imide groups is 1. The molecule has 1 saturated heterocycles. The maximum absolute atomic E-state index is 12.8. The molecule has 2 amide bonds. The SMILES string of the molecule is CN=C(NCCCN1C(=O)C2C3C=CC(C3)C2C1=O)NCc1cccc(-c2ccccn2)c1.I. The van der Waals surface area contributed by atoms with Gasteiger partial charge in [0, 0.05) is 38.4 Å². The van der Waals surface area contributed by atoms with Crippen LogP contribution in [-0.2, 0) is 16.1 Å². The van der Waals surface area contributed by atoms with Crippen molar-refractivity contribution >= 4 is 41.8 Å². The number of nitrogens with zero attached hydrogens (tertiary/aromatic N) is 3. The van der Waals surface area contributed by atoms with Gasteiger partial charge in [0.05, 0.1) is 17.5 Å². The fourth-order valence-corrected chi connectivity index (χ4v) is 5.41. The van der Waals surface area contributed by atoms with Crippen molar-refractivity contribution in [2.24, 2.45) is 28.7 Å². The third-order valence-electron chi connectivity index (χ3n) is 6.98. The maximum Gasteiger partial charge on any atom is 0.233 e. The highest BCUT2D eigenvalue weighted by molar-refractivity contribution is 14.0. The van der Waals surface area contributed by atoms with Gasteiger partial charge in [0.25, 0.3) is 0 Å². The molecule has 2 aromatic rings. The van der Waals surface area contributed by atoms with Crippen LogP contribution in [0.1, 0.15) is 18.4 Å². The fraction of sp³-hybridized carbons (Fsp3) is 0.385. The van der Waals surface area contributed by atoms with Gasteiger partial charge in [0.15, 0.2) is 5.96 Å². The van der Waals surface area contributed by atoms with Gasteiger partial charge in [-0.3, -0.25) is 24.5 Å². The summed E-state index contributed by atoms with van der Waals surface area (Å²) in [6.07, 6.45) is 7.71. The maximum atomic E-state index is 12.8. The second kappa shape index (κ2) is 10.7. The number of likely N-dealkylation sites (tertiary alicyclic amines) is 1. The molecule has 1 saturated carbocycles. The van der Waals surface area contributed by atoms with Crippen LogP contribution >= 0.6 is 24.0 Å². The van der Waals surface area contributed by atoms with Gasteiger partial charge in [-0.25, -0.2) is 0 Å². The number of carbonyl (C=O) groups is 2. The Morgan fingerprint density at radius 2 is 1.82 bits per heavy atom. The molecule has 2 N–H and O–H groups in total. The van der Waals surface area contributed by atoms with E-state index in [0.29, 0.717) is 32.0 Å². The smallest absolute Gasteiger partial charge is 0.233 e. The summed E-state index contributed by atoms with van der Waals surface area (Å²) in [5.74, 6) is 1.04. The van der Waals surface area contributed by atoms with Crippen LogP contribution in [0.15, 0.2) is 65.8 Å². The average Bonchev–Trinajstić information content (AvgIpc) is 3.54. The zero-order valence-corrected chi connectivity index (χ0v) is 21.5. The van der Waals surface area contributed by atoms with E-state index in [-0.39, 0.29) is 59.5 Å². The highest BCUT2D eigenvalue weighted by Crippen LogP contribution is 2.52. The molecular formula is C26H30IN5O2. The molecule has 34 heavy (non-hydrogen) atoms. The Bertz CT molecular complexity index is 1070. The summed E-state index contributed by atoms with van der Waals surface area (Å²) in [5.41, 5.74) is 3.15. The van der Waals surface area contributed by atoms with Crippen LogP contribution < -0.4 is 10.6 Å². The van der Waals surface area contributed by atoms with E-state index < -0.39 is 0 Å². The number of rotatable bonds is 7. The molecule has 1 aromatic heterocycles. The third-order valence-corrected chi connectivity index (χ3v) is 6.98. The predicted octanol–water partition coefficient (Wildman–Crippen LogP) is 3.23. The van der Waals surface area contributed by atoms with Gasteiger partial charge in [-0.05, 0) is 48.4 Å². The Labute approximate surface area is 217 Å². The van der Waals surface area contributed by atoms with E-state index in [1.54, 1.807) is 13.2 Å². The molecule has 2 fully saturated rings. The van der Waals surface area contributed by atoms with Crippen molar-refractivity contribution < 1.29 is 9.59 Å². The summed E-state index contributed by atoms with van der Waals surface area (Å²) in [6, 6.07) is 14.1. The van der Waals surface area contributed by atoms with Gasteiger partial charge in [0.2, 0.25) is 11.8 Å². The number of fused-ring (bicyclic) bond motifs is 5. The monoisotopic (exact) mass is 571 g/mol. The number of halogens is 1. The highest BCUT2D eigenvalue weighted by Gasteiger charge is 2.58. The number of pyridine rings is 1. The first-order chi connectivity index (χ1) is 16.2. The van der Waals surface area contributed by atoms with Gasteiger partial charge in [0.1, 0.15) is 0 Å². The molecule has 8 heteroatoms. The van der Waals surface area contributed by atoms with Crippen LogP contribution in [0.3, 0.4) is 0 Å². The molecule has 2 aliphatic carbocycles. The summed E-state index contributed by atoms with van der Waals surface area (Å²) in [6.45, 7) is 1.72. The van der Waals surface area contributed by atoms with Crippen LogP contribution in [-0.4, -0.2) is 47.8 Å². The van der Waals surface area contributed by atoms with E-state index in [1.807, 2.05) is 24.3 Å². The Kier molecular flexibility index (Phi) is 7.65. The van der Waals surface area contributed by atoms with Gasteiger partial charge in [-0.15, -0.1) is 24.0 Å². The summed E-state index contributed by atoms with van der Waals surface area (Å²) >= 11 is 0. The van der Waals surface area contributed by atoms with E-state index in [9.17, 15) is 9.59 Å². The van der Waals surface area contributed by atoms with E-state index in [2.05, 4.69) is 51.0 Å². The first kappa shape index (κ1) is 24.4. The number of aromatic nitrogens is 1. The van der Waals surface area contributed by atoms with Gasteiger partial charge < -0.3 is 10.6 Å². The number of aliphatic imine (C=N–C) groups is 1. The lowest BCUT2D eigenvalue weighted by Gasteiger charge is -2.18. The lowest BCUT2D eigenvalue weighted by Crippen LogP contribution is -2.39. The summed E-state index contributed by atoms with van der Waals surface area (Å²) in [5, 5.41) is 6.61. The van der Waals surface area contributed by atoms with Crippen molar-refractivity contribution in [2.75, 3.05) is 20.1 Å². The number of benzene rings is 1. The van der Waals surface area contributed by atoms with Crippen LogP contribution in [0, 0.1) is 23.7 Å². The molecule has 2 heterocycles. The minimum Gasteiger partial charge on any atom is -0.356 e. The third kappa shape index (κ3) is 4.73. The van der Waals surface area contributed by atoms with Crippen LogP contribution in [0.5, 0.6) is 0 Å². The number of nitrogens with one attached hydrogen (secondary N) is 2. The molecule has 2 bridgehead atoms. The molecule has 3 aliphatic rings. The second-order valence-electron chi connectivity index (χ2n) is 8.95. The molecule has 7 nitrogen and oxygen atoms in total. The quantitative estimate of drug-likeness (QED) is 0.133. The fourth-order valence-electron chi connectivity index (χ4n) is 5.41. The predicted molar refractivity (Wildman–Crippen MR) is 142 cm³/mol. The standard InChI is InChI=1S/C26H29N5O2.HI/c1-27-26(30-16-17-6-4-7-18(14-17)21-8-2-3-11-28-21)29-12-5-13-31-24(32)22-19-9-10-20(15-19)23(22)25(31)33;/h2-4,6-11,14,19-20,22-23H,5,12-13,15-16H2,1H3,(H2,27,29,30);1H. The number of hydrogen-bond donors (Lipinski definition) is 2. The van der Waals surface area contributed by atoms with E-state index >= 15 is 0 Å². The van der Waals surface area contributed by atoms with E-state index in [0.717, 1.165) is 23.2 Å². The Hall–Kier alpha value is -2.75. The van der Waals surface area contributed by atoms with Crippen molar-refractivity contribution in [1.82, 2.24) is 20.5 Å². The van der Waals surface area contributed by atoms with E-state index in [4.69, 9.17) is 0 Å². The van der Waals surface area contributed by atoms with Gasteiger partial charge in [-0.1, -0.05) is 36.4 Å². The minimum absolute atomic E-state index is 0. The second-order valence-corrected chi connectivity index (χ2v) is 8.95.